The van der Waals surface area contributed by atoms with Crippen molar-refractivity contribution >= 4 is 22.1 Å². The van der Waals surface area contributed by atoms with Gasteiger partial charge in [-0.15, -0.1) is 0 Å². The Bertz CT molecular complexity index is 1820. The lowest BCUT2D eigenvalue weighted by atomic mass is 10.0. The number of H-pyrrole nitrogens is 2. The van der Waals surface area contributed by atoms with Gasteiger partial charge in [0.25, 0.3) is 0 Å². The van der Waals surface area contributed by atoms with E-state index in [1.54, 1.807) is 12.3 Å². The lowest BCUT2D eigenvalue weighted by Gasteiger charge is -2.14. The molecule has 6 aromatic rings. The molecule has 4 aromatic heterocycles. The molecule has 5 heterocycles. The topological polar surface area (TPSA) is 95.6 Å². The molecule has 1 aliphatic heterocycles. The number of hydrogen-bond acceptors (Lipinski definition) is 6. The molecule has 2 N–H and O–H groups in total. The molecular weight excluding hydrogens is 493 g/mol. The van der Waals surface area contributed by atoms with E-state index in [1.807, 2.05) is 24.5 Å². The molecule has 194 valence electrons. The number of likely N-dealkylation sites (tertiary alicyclic amines) is 1. The van der Waals surface area contributed by atoms with Crippen LogP contribution in [0.3, 0.4) is 0 Å². The summed E-state index contributed by atoms with van der Waals surface area (Å²) >= 11 is 0. The number of rotatable bonds is 6. The minimum absolute atomic E-state index is 0.376. The second kappa shape index (κ2) is 9.59. The van der Waals surface area contributed by atoms with Gasteiger partial charge in [0.1, 0.15) is 17.3 Å². The molecule has 8 nitrogen and oxygen atoms in total. The number of fused-ring (bicyclic) bond motifs is 2. The summed E-state index contributed by atoms with van der Waals surface area (Å²) in [5.41, 5.74) is 7.60. The molecule has 0 atom stereocenters. The second-order valence-electron chi connectivity index (χ2n) is 9.92. The number of ether oxygens (including phenoxy) is 1. The standard InChI is InChI=1S/C30H26FN7O/c1-39-23-12-20(11-22(31)14-23)24-6-7-33-29-27(24)34-30(35-29)28-25-13-19(4-5-26(25)36-37-28)21-10-18(15-32-16-21)17-38-8-2-3-9-38/h4-7,10-16H,2-3,8-9,17H2,1H3,(H,36,37)(H,33,34,35). The first kappa shape index (κ1) is 23.5. The third-order valence-corrected chi connectivity index (χ3v) is 7.33. The third-order valence-electron chi connectivity index (χ3n) is 7.33. The number of halogens is 1. The Hall–Kier alpha value is -4.63. The Morgan fingerprint density at radius 2 is 1.87 bits per heavy atom. The zero-order chi connectivity index (χ0) is 26.3. The number of pyridine rings is 2. The van der Waals surface area contributed by atoms with Crippen LogP contribution < -0.4 is 4.74 Å². The molecule has 0 saturated carbocycles. The maximum absolute atomic E-state index is 14.3. The first-order valence-electron chi connectivity index (χ1n) is 13.0. The molecule has 0 radical (unpaired) electrons. The highest BCUT2D eigenvalue weighted by Gasteiger charge is 2.18. The van der Waals surface area contributed by atoms with E-state index in [-0.39, 0.29) is 5.82 Å². The van der Waals surface area contributed by atoms with Crippen LogP contribution in [0.5, 0.6) is 5.75 Å². The summed E-state index contributed by atoms with van der Waals surface area (Å²) < 4.78 is 19.5. The number of nitrogens with one attached hydrogen (secondary N) is 2. The van der Waals surface area contributed by atoms with Crippen LogP contribution in [0, 0.1) is 5.82 Å². The van der Waals surface area contributed by atoms with E-state index in [9.17, 15) is 4.39 Å². The minimum Gasteiger partial charge on any atom is -0.497 e. The SMILES string of the molecule is COc1cc(F)cc(-c2ccnc3nc(-c4n[nH]c5ccc(-c6cncc(CN7CCCC7)c6)cc45)[nH]c23)c1. The van der Waals surface area contributed by atoms with Crippen LogP contribution in [0.1, 0.15) is 18.4 Å². The van der Waals surface area contributed by atoms with Gasteiger partial charge in [0.2, 0.25) is 0 Å². The van der Waals surface area contributed by atoms with Crippen molar-refractivity contribution in [3.63, 3.8) is 0 Å². The Morgan fingerprint density at radius 1 is 0.974 bits per heavy atom. The van der Waals surface area contributed by atoms with Gasteiger partial charge in [0, 0.05) is 47.7 Å². The van der Waals surface area contributed by atoms with Gasteiger partial charge in [0.05, 0.1) is 18.1 Å². The van der Waals surface area contributed by atoms with Crippen LogP contribution >= 0.6 is 0 Å². The van der Waals surface area contributed by atoms with E-state index >= 15 is 0 Å². The fourth-order valence-corrected chi connectivity index (χ4v) is 5.40. The smallest absolute Gasteiger partial charge is 0.178 e. The zero-order valence-electron chi connectivity index (χ0n) is 21.4. The van der Waals surface area contributed by atoms with E-state index in [0.29, 0.717) is 34.0 Å². The highest BCUT2D eigenvalue weighted by Crippen LogP contribution is 2.34. The van der Waals surface area contributed by atoms with E-state index in [2.05, 4.69) is 48.2 Å². The molecule has 0 aliphatic carbocycles. The molecule has 0 bridgehead atoms. The molecule has 0 unspecified atom stereocenters. The number of nitrogens with zero attached hydrogens (tertiary/aromatic N) is 5. The van der Waals surface area contributed by atoms with Crippen LogP contribution in [0.15, 0.2) is 67.1 Å². The fraction of sp³-hybridized carbons (Fsp3) is 0.200. The van der Waals surface area contributed by atoms with Crippen LogP contribution in [0.25, 0.3) is 55.8 Å². The lowest BCUT2D eigenvalue weighted by Crippen LogP contribution is -2.18. The Balaban J connectivity index is 1.28. The summed E-state index contributed by atoms with van der Waals surface area (Å²) in [5, 5.41) is 8.63. The largest absolute Gasteiger partial charge is 0.497 e. The van der Waals surface area contributed by atoms with Crippen molar-refractivity contribution in [2.75, 3.05) is 20.2 Å². The van der Waals surface area contributed by atoms with E-state index < -0.39 is 0 Å². The predicted molar refractivity (Wildman–Crippen MR) is 149 cm³/mol. The van der Waals surface area contributed by atoms with Gasteiger partial charge in [-0.2, -0.15) is 5.10 Å². The van der Waals surface area contributed by atoms with E-state index in [4.69, 9.17) is 9.72 Å². The summed E-state index contributed by atoms with van der Waals surface area (Å²) in [5.74, 6) is 0.649. The number of hydrogen-bond donors (Lipinski definition) is 2. The van der Waals surface area contributed by atoms with Gasteiger partial charge in [0.15, 0.2) is 11.5 Å². The van der Waals surface area contributed by atoms with Gasteiger partial charge in [-0.1, -0.05) is 6.07 Å². The third kappa shape index (κ3) is 4.40. The second-order valence-corrected chi connectivity index (χ2v) is 9.92. The van der Waals surface area contributed by atoms with Crippen LogP contribution in [-0.4, -0.2) is 55.2 Å². The van der Waals surface area contributed by atoms with Crippen molar-refractivity contribution in [1.29, 1.82) is 0 Å². The molecule has 0 amide bonds. The molecule has 2 aromatic carbocycles. The molecular formula is C30H26FN7O. The molecule has 1 fully saturated rings. The first-order valence-corrected chi connectivity index (χ1v) is 13.0. The average Bonchev–Trinajstić information content (AvgIpc) is 3.72. The molecule has 39 heavy (non-hydrogen) atoms. The highest BCUT2D eigenvalue weighted by molar-refractivity contribution is 5.97. The number of aromatic amines is 2. The van der Waals surface area contributed by atoms with Crippen molar-refractivity contribution in [3.05, 3.63) is 78.5 Å². The molecule has 7 rings (SSSR count). The minimum atomic E-state index is -0.376. The fourth-order valence-electron chi connectivity index (χ4n) is 5.40. The van der Waals surface area contributed by atoms with Crippen molar-refractivity contribution in [2.45, 2.75) is 19.4 Å². The Labute approximate surface area is 223 Å². The molecule has 0 spiro atoms. The average molecular weight is 520 g/mol. The first-order chi connectivity index (χ1) is 19.1. The van der Waals surface area contributed by atoms with Crippen molar-refractivity contribution < 1.29 is 9.13 Å². The van der Waals surface area contributed by atoms with Crippen molar-refractivity contribution in [3.8, 4) is 39.5 Å². The highest BCUT2D eigenvalue weighted by atomic mass is 19.1. The van der Waals surface area contributed by atoms with Crippen LogP contribution in [0.4, 0.5) is 4.39 Å². The molecule has 1 saturated heterocycles. The maximum Gasteiger partial charge on any atom is 0.178 e. The lowest BCUT2D eigenvalue weighted by molar-refractivity contribution is 0.331. The quantitative estimate of drug-likeness (QED) is 0.281. The van der Waals surface area contributed by atoms with Gasteiger partial charge in [-0.25, -0.2) is 14.4 Å². The number of aromatic nitrogens is 6. The molecule has 9 heteroatoms. The summed E-state index contributed by atoms with van der Waals surface area (Å²) in [7, 11) is 1.52. The Kier molecular flexibility index (Phi) is 5.78. The monoisotopic (exact) mass is 519 g/mol. The van der Waals surface area contributed by atoms with Crippen molar-refractivity contribution in [1.82, 2.24) is 35.0 Å². The molecule has 1 aliphatic rings. The van der Waals surface area contributed by atoms with Crippen molar-refractivity contribution in [2.24, 2.45) is 0 Å². The zero-order valence-corrected chi connectivity index (χ0v) is 21.4. The summed E-state index contributed by atoms with van der Waals surface area (Å²) in [4.78, 5) is 19.6. The summed E-state index contributed by atoms with van der Waals surface area (Å²) in [6, 6.07) is 14.9. The van der Waals surface area contributed by atoms with E-state index in [1.165, 1.54) is 37.6 Å². The van der Waals surface area contributed by atoms with Gasteiger partial charge < -0.3 is 9.72 Å². The van der Waals surface area contributed by atoms with Gasteiger partial charge in [-0.3, -0.25) is 15.0 Å². The van der Waals surface area contributed by atoms with E-state index in [0.717, 1.165) is 47.2 Å². The number of imidazole rings is 1. The van der Waals surface area contributed by atoms with Gasteiger partial charge >= 0.3 is 0 Å². The van der Waals surface area contributed by atoms with Gasteiger partial charge in [-0.05, 0) is 79.0 Å². The maximum atomic E-state index is 14.3. The van der Waals surface area contributed by atoms with Crippen LogP contribution in [0.2, 0.25) is 0 Å². The number of benzene rings is 2. The normalized spacial score (nSPS) is 14.0. The predicted octanol–water partition coefficient (Wildman–Crippen LogP) is 5.97. The summed E-state index contributed by atoms with van der Waals surface area (Å²) in [6.07, 6.45) is 8.06. The van der Waals surface area contributed by atoms with Crippen LogP contribution in [-0.2, 0) is 6.54 Å². The summed E-state index contributed by atoms with van der Waals surface area (Å²) in [6.45, 7) is 3.22. The number of methoxy groups -OCH3 is 1. The Morgan fingerprint density at radius 3 is 2.74 bits per heavy atom.